The second-order valence-corrected chi connectivity index (χ2v) is 8.94. The molecule has 0 atom stereocenters. The Morgan fingerprint density at radius 2 is 1.56 bits per heavy atom. The lowest BCUT2D eigenvalue weighted by Crippen LogP contribution is -2.26. The number of anilines is 1. The van der Waals surface area contributed by atoms with E-state index in [1.165, 1.54) is 18.6 Å². The molecule has 3 aromatic carbocycles. The lowest BCUT2D eigenvalue weighted by molar-refractivity contribution is -0.114. The van der Waals surface area contributed by atoms with Gasteiger partial charge < -0.3 is 15.7 Å². The van der Waals surface area contributed by atoms with Crippen LogP contribution in [0.4, 0.5) is 5.69 Å². The molecule has 3 N–H and O–H groups in total. The Morgan fingerprint density at radius 1 is 0.906 bits per heavy atom. The van der Waals surface area contributed by atoms with Gasteiger partial charge in [0.1, 0.15) is 5.75 Å². The van der Waals surface area contributed by atoms with Crippen LogP contribution in [-0.2, 0) is 16.6 Å². The Labute approximate surface area is 189 Å². The minimum Gasteiger partial charge on any atom is -0.508 e. The summed E-state index contributed by atoms with van der Waals surface area (Å²) in [6.07, 6.45) is 0.731. The van der Waals surface area contributed by atoms with Crippen molar-refractivity contribution < 1.29 is 14.7 Å². The van der Waals surface area contributed by atoms with Crippen LogP contribution < -0.4 is 10.6 Å². The van der Waals surface area contributed by atoms with Gasteiger partial charge in [-0.3, -0.25) is 9.59 Å². The Kier molecular flexibility index (Phi) is 6.98. The lowest BCUT2D eigenvalue weighted by Gasteiger charge is -2.19. The molecule has 0 saturated carbocycles. The summed E-state index contributed by atoms with van der Waals surface area (Å²) in [5.41, 5.74) is 5.12. The van der Waals surface area contributed by atoms with E-state index >= 15 is 0 Å². The highest BCUT2D eigenvalue weighted by Crippen LogP contribution is 2.29. The molecule has 166 valence electrons. The van der Waals surface area contributed by atoms with Crippen molar-refractivity contribution in [1.29, 1.82) is 0 Å². The molecule has 0 radical (unpaired) electrons. The average Bonchev–Trinajstić information content (AvgIpc) is 2.73. The Morgan fingerprint density at radius 3 is 2.16 bits per heavy atom. The predicted molar refractivity (Wildman–Crippen MR) is 129 cm³/mol. The van der Waals surface area contributed by atoms with Gasteiger partial charge in [-0.2, -0.15) is 0 Å². The second-order valence-electron chi connectivity index (χ2n) is 8.94. The molecule has 0 aromatic heterocycles. The van der Waals surface area contributed by atoms with Crippen LogP contribution in [0.15, 0.2) is 66.7 Å². The summed E-state index contributed by atoms with van der Waals surface area (Å²) in [5, 5.41) is 15.7. The minimum atomic E-state index is -0.197. The van der Waals surface area contributed by atoms with E-state index in [4.69, 9.17) is 0 Å². The molecular weight excluding hydrogens is 400 g/mol. The van der Waals surface area contributed by atoms with Gasteiger partial charge in [0.2, 0.25) is 5.91 Å². The van der Waals surface area contributed by atoms with E-state index in [1.54, 1.807) is 24.3 Å². The van der Waals surface area contributed by atoms with Crippen LogP contribution in [-0.4, -0.2) is 23.5 Å². The summed E-state index contributed by atoms with van der Waals surface area (Å²) >= 11 is 0. The predicted octanol–water partition coefficient (Wildman–Crippen LogP) is 5.29. The number of nitrogens with one attached hydrogen (secondary N) is 2. The van der Waals surface area contributed by atoms with Crippen molar-refractivity contribution >= 4 is 17.5 Å². The minimum absolute atomic E-state index is 0.0847. The van der Waals surface area contributed by atoms with Gasteiger partial charge in [-0.15, -0.1) is 0 Å². The van der Waals surface area contributed by atoms with E-state index in [9.17, 15) is 14.7 Å². The summed E-state index contributed by atoms with van der Waals surface area (Å²) in [6.45, 7) is 8.51. The highest BCUT2D eigenvalue weighted by Gasteiger charge is 2.15. The Bertz CT molecular complexity index is 1100. The number of hydrogen-bond acceptors (Lipinski definition) is 3. The van der Waals surface area contributed by atoms with Gasteiger partial charge in [0, 0.05) is 24.7 Å². The van der Waals surface area contributed by atoms with Crippen molar-refractivity contribution in [3.05, 3.63) is 83.4 Å². The number of carbonyl (C=O) groups is 2. The summed E-state index contributed by atoms with van der Waals surface area (Å²) in [4.78, 5) is 24.1. The van der Waals surface area contributed by atoms with Crippen LogP contribution in [0.5, 0.6) is 5.75 Å². The molecule has 0 fully saturated rings. The molecule has 0 unspecified atom stereocenters. The fourth-order valence-corrected chi connectivity index (χ4v) is 3.49. The Balaban J connectivity index is 1.70. The molecule has 0 aliphatic rings. The van der Waals surface area contributed by atoms with Crippen LogP contribution >= 0.6 is 0 Å². The summed E-state index contributed by atoms with van der Waals surface area (Å²) in [5.74, 6) is -0.262. The molecule has 5 nitrogen and oxygen atoms in total. The van der Waals surface area contributed by atoms with Crippen LogP contribution in [0, 0.1) is 0 Å². The van der Waals surface area contributed by atoms with Crippen molar-refractivity contribution in [2.45, 2.75) is 39.5 Å². The maximum Gasteiger partial charge on any atom is 0.251 e. The van der Waals surface area contributed by atoms with E-state index in [1.807, 2.05) is 12.1 Å². The zero-order valence-electron chi connectivity index (χ0n) is 19.0. The van der Waals surface area contributed by atoms with Gasteiger partial charge in [0.25, 0.3) is 5.91 Å². The number of aromatic hydroxyl groups is 1. The highest BCUT2D eigenvalue weighted by molar-refractivity contribution is 6.01. The first kappa shape index (κ1) is 23.1. The van der Waals surface area contributed by atoms with Crippen molar-refractivity contribution in [2.24, 2.45) is 0 Å². The van der Waals surface area contributed by atoms with E-state index in [-0.39, 0.29) is 23.0 Å². The molecule has 2 amide bonds. The molecule has 0 bridgehead atoms. The third-order valence-electron chi connectivity index (χ3n) is 5.28. The van der Waals surface area contributed by atoms with Crippen LogP contribution in [0.25, 0.3) is 11.1 Å². The van der Waals surface area contributed by atoms with Gasteiger partial charge in [0.15, 0.2) is 0 Å². The number of rotatable bonds is 6. The normalized spacial score (nSPS) is 11.1. The van der Waals surface area contributed by atoms with Gasteiger partial charge in [-0.1, -0.05) is 57.2 Å². The number of hydrogen-bond donors (Lipinski definition) is 3. The molecule has 32 heavy (non-hydrogen) atoms. The maximum atomic E-state index is 12.9. The fourth-order valence-electron chi connectivity index (χ4n) is 3.49. The molecular formula is C27H30N2O3. The first-order valence-electron chi connectivity index (χ1n) is 10.7. The number of phenols is 1. The monoisotopic (exact) mass is 430 g/mol. The van der Waals surface area contributed by atoms with Crippen LogP contribution in [0.3, 0.4) is 0 Å². The van der Waals surface area contributed by atoms with E-state index in [2.05, 4.69) is 55.7 Å². The summed E-state index contributed by atoms with van der Waals surface area (Å²) in [6, 6.07) is 20.4. The zero-order chi connectivity index (χ0) is 23.3. The number of benzene rings is 3. The van der Waals surface area contributed by atoms with Crippen LogP contribution in [0.2, 0.25) is 0 Å². The number of amides is 2. The average molecular weight is 431 g/mol. The fraction of sp³-hybridized carbons (Fsp3) is 0.259. The topological polar surface area (TPSA) is 78.4 Å². The SMILES string of the molecule is CC(=O)Nc1ccc(-c2cc(O)ccc2C(=O)NCCc2ccc(C(C)(C)C)cc2)cc1. The number of carbonyl (C=O) groups excluding carboxylic acids is 2. The smallest absolute Gasteiger partial charge is 0.251 e. The van der Waals surface area contributed by atoms with Gasteiger partial charge >= 0.3 is 0 Å². The third-order valence-corrected chi connectivity index (χ3v) is 5.28. The number of phenolic OH excluding ortho intramolecular Hbond substituents is 1. The third kappa shape index (κ3) is 5.97. The molecule has 0 aliphatic heterocycles. The molecule has 0 spiro atoms. The Hall–Kier alpha value is -3.60. The zero-order valence-corrected chi connectivity index (χ0v) is 19.0. The summed E-state index contributed by atoms with van der Waals surface area (Å²) in [7, 11) is 0. The van der Waals surface area contributed by atoms with Gasteiger partial charge in [0.05, 0.1) is 0 Å². The quantitative estimate of drug-likeness (QED) is 0.497. The largest absolute Gasteiger partial charge is 0.508 e. The first-order valence-corrected chi connectivity index (χ1v) is 10.7. The van der Waals surface area contributed by atoms with Crippen molar-refractivity contribution in [3.8, 4) is 16.9 Å². The van der Waals surface area contributed by atoms with Gasteiger partial charge in [-0.05, 0) is 64.4 Å². The first-order chi connectivity index (χ1) is 15.1. The molecule has 3 aromatic rings. The highest BCUT2D eigenvalue weighted by atomic mass is 16.3. The molecule has 5 heteroatoms. The van der Waals surface area contributed by atoms with E-state index in [0.29, 0.717) is 23.4 Å². The van der Waals surface area contributed by atoms with Gasteiger partial charge in [-0.25, -0.2) is 0 Å². The van der Waals surface area contributed by atoms with Crippen molar-refractivity contribution in [3.63, 3.8) is 0 Å². The molecule has 3 rings (SSSR count). The molecule has 0 aliphatic carbocycles. The maximum absolute atomic E-state index is 12.9. The lowest BCUT2D eigenvalue weighted by atomic mass is 9.86. The standard InChI is InChI=1S/C27H30N2O3/c1-18(30)29-22-11-7-20(8-12-22)25-17-23(31)13-14-24(25)26(32)28-16-15-19-5-9-21(10-6-19)27(2,3)4/h5-14,17,31H,15-16H2,1-4H3,(H,28,32)(H,29,30). The van der Waals surface area contributed by atoms with Crippen molar-refractivity contribution in [2.75, 3.05) is 11.9 Å². The van der Waals surface area contributed by atoms with Crippen molar-refractivity contribution in [1.82, 2.24) is 5.32 Å². The van der Waals surface area contributed by atoms with Crippen LogP contribution in [0.1, 0.15) is 49.2 Å². The van der Waals surface area contributed by atoms with E-state index < -0.39 is 0 Å². The molecule has 0 heterocycles. The summed E-state index contributed by atoms with van der Waals surface area (Å²) < 4.78 is 0. The second kappa shape index (κ2) is 9.69. The van der Waals surface area contributed by atoms with E-state index in [0.717, 1.165) is 17.5 Å². The molecule has 0 saturated heterocycles.